The van der Waals surface area contributed by atoms with E-state index in [2.05, 4.69) is 96.1 Å². The lowest BCUT2D eigenvalue weighted by atomic mass is 10.0. The smallest absolute Gasteiger partial charge is 0.108 e. The van der Waals surface area contributed by atoms with Gasteiger partial charge in [0.25, 0.3) is 0 Å². The highest BCUT2D eigenvalue weighted by Gasteiger charge is 2.21. The maximum Gasteiger partial charge on any atom is 0.108 e. The molecular formula is C22H11IN2S. The molecule has 0 aliphatic rings. The molecule has 4 heterocycles. The zero-order chi connectivity index (χ0) is 17.0. The molecule has 0 unspecified atom stereocenters. The zero-order valence-corrected chi connectivity index (χ0v) is 16.5. The van der Waals surface area contributed by atoms with Gasteiger partial charge in [0, 0.05) is 26.9 Å². The minimum atomic E-state index is 1.28. The van der Waals surface area contributed by atoms with Crippen molar-refractivity contribution >= 4 is 93.4 Å². The van der Waals surface area contributed by atoms with Crippen molar-refractivity contribution < 1.29 is 0 Å². The van der Waals surface area contributed by atoms with Crippen LogP contribution in [-0.2, 0) is 0 Å². The lowest BCUT2D eigenvalue weighted by Gasteiger charge is -2.02. The molecule has 0 saturated heterocycles. The summed E-state index contributed by atoms with van der Waals surface area (Å²) in [5, 5.41) is 10.3. The van der Waals surface area contributed by atoms with E-state index in [4.69, 9.17) is 0 Å². The SMILES string of the molecule is In1c2cccc3c4ccccc4n4c5sccc5c5ccc1c(c32)c54. The van der Waals surface area contributed by atoms with Gasteiger partial charge in [-0.15, -0.1) is 11.3 Å². The van der Waals surface area contributed by atoms with E-state index in [0.29, 0.717) is 0 Å². The zero-order valence-electron chi connectivity index (χ0n) is 13.5. The van der Waals surface area contributed by atoms with Crippen LogP contribution < -0.4 is 0 Å². The van der Waals surface area contributed by atoms with Gasteiger partial charge in [-0.1, -0.05) is 36.4 Å². The van der Waals surface area contributed by atoms with Gasteiger partial charge in [-0.2, -0.15) is 0 Å². The van der Waals surface area contributed by atoms with Crippen molar-refractivity contribution in [3.8, 4) is 0 Å². The Bertz CT molecular complexity index is 1650. The van der Waals surface area contributed by atoms with Gasteiger partial charge >= 0.3 is 0 Å². The van der Waals surface area contributed by atoms with Crippen molar-refractivity contribution in [3.63, 3.8) is 0 Å². The second-order valence-electron chi connectivity index (χ2n) is 6.83. The molecule has 0 amide bonds. The fourth-order valence-corrected chi connectivity index (χ4v) is 6.41. The molecule has 0 aliphatic carbocycles. The first-order valence-corrected chi connectivity index (χ1v) is 10.4. The average Bonchev–Trinajstić information content (AvgIpc) is 3.31. The summed E-state index contributed by atoms with van der Waals surface area (Å²) in [6, 6.07) is 22.4. The molecule has 7 rings (SSSR count). The number of nitrogens with zero attached hydrogens (tertiary/aromatic N) is 2. The van der Waals surface area contributed by atoms with E-state index in [-0.39, 0.29) is 0 Å². The number of hydrogen-bond acceptors (Lipinski definition) is 1. The van der Waals surface area contributed by atoms with Crippen molar-refractivity contribution in [3.05, 3.63) is 66.0 Å². The third-order valence-corrected chi connectivity index (χ3v) is 7.61. The fraction of sp³-hybridized carbons (Fsp3) is 0. The van der Waals surface area contributed by atoms with Gasteiger partial charge in [-0.3, -0.25) is 7.18 Å². The van der Waals surface area contributed by atoms with Crippen LogP contribution in [0.1, 0.15) is 0 Å². The highest BCUT2D eigenvalue weighted by molar-refractivity contribution is 14.1. The van der Waals surface area contributed by atoms with Crippen LogP contribution in [0.25, 0.3) is 59.2 Å². The molecule has 0 saturated carbocycles. The van der Waals surface area contributed by atoms with Crippen molar-refractivity contribution in [1.82, 2.24) is 7.18 Å². The average molecular weight is 462 g/mol. The first-order chi connectivity index (χ1) is 12.8. The monoisotopic (exact) mass is 462 g/mol. The molecule has 0 spiro atoms. The van der Waals surface area contributed by atoms with Crippen LogP contribution in [0, 0.1) is 0 Å². The molecule has 0 N–H and O–H groups in total. The third-order valence-electron chi connectivity index (χ3n) is 5.67. The molecule has 26 heavy (non-hydrogen) atoms. The number of benzene rings is 3. The standard InChI is InChI=1S/C22H11IN2S/c23-25-17-7-3-5-13-12-4-1-2-6-16(12)24-21-14(15-10-11-26-22(15)24)8-9-18(25)20(21)19(13)17/h1-11H. The largest absolute Gasteiger partial charge is 0.299 e. The summed E-state index contributed by atoms with van der Waals surface area (Å²) in [5.74, 6) is 0. The molecule has 2 nitrogen and oxygen atoms in total. The van der Waals surface area contributed by atoms with Crippen LogP contribution >= 0.6 is 34.2 Å². The summed E-state index contributed by atoms with van der Waals surface area (Å²) in [7, 11) is 0. The first-order valence-electron chi connectivity index (χ1n) is 8.58. The summed E-state index contributed by atoms with van der Waals surface area (Å²) in [4.78, 5) is 1.34. The van der Waals surface area contributed by atoms with Crippen LogP contribution in [-0.4, -0.2) is 7.18 Å². The van der Waals surface area contributed by atoms with Crippen molar-refractivity contribution in [2.45, 2.75) is 0 Å². The number of aromatic nitrogens is 2. The molecule has 7 aromatic rings. The molecular weight excluding hydrogens is 451 g/mol. The first kappa shape index (κ1) is 13.8. The Labute approximate surface area is 166 Å². The molecule has 0 aliphatic heterocycles. The second-order valence-corrected chi connectivity index (χ2v) is 8.69. The van der Waals surface area contributed by atoms with Crippen LogP contribution in [0.5, 0.6) is 0 Å². The predicted molar refractivity (Wildman–Crippen MR) is 121 cm³/mol. The quantitative estimate of drug-likeness (QED) is 0.211. The highest BCUT2D eigenvalue weighted by atomic mass is 127. The topological polar surface area (TPSA) is 9.34 Å². The van der Waals surface area contributed by atoms with Crippen LogP contribution in [0.3, 0.4) is 0 Å². The van der Waals surface area contributed by atoms with E-state index < -0.39 is 0 Å². The molecule has 4 aromatic heterocycles. The van der Waals surface area contributed by atoms with Gasteiger partial charge < -0.3 is 0 Å². The van der Waals surface area contributed by atoms with Gasteiger partial charge in [0.1, 0.15) is 4.83 Å². The summed E-state index contributed by atoms with van der Waals surface area (Å²) in [6.07, 6.45) is 0. The van der Waals surface area contributed by atoms with E-state index in [9.17, 15) is 0 Å². The van der Waals surface area contributed by atoms with Crippen molar-refractivity contribution in [1.29, 1.82) is 0 Å². The number of para-hydroxylation sites is 1. The molecule has 122 valence electrons. The van der Waals surface area contributed by atoms with Crippen LogP contribution in [0.2, 0.25) is 0 Å². The van der Waals surface area contributed by atoms with E-state index >= 15 is 0 Å². The van der Waals surface area contributed by atoms with E-state index in [1.807, 2.05) is 11.3 Å². The maximum atomic E-state index is 2.49. The number of halogens is 1. The summed E-state index contributed by atoms with van der Waals surface area (Å²) in [5.41, 5.74) is 5.21. The normalized spacial score (nSPS) is 12.8. The fourth-order valence-electron chi connectivity index (χ4n) is 4.67. The number of hydrogen-bond donors (Lipinski definition) is 0. The Balaban J connectivity index is 2.09. The van der Waals surface area contributed by atoms with E-state index in [0.717, 1.165) is 0 Å². The Hall–Kier alpha value is -2.31. The van der Waals surface area contributed by atoms with Gasteiger partial charge in [-0.25, -0.2) is 0 Å². The summed E-state index contributed by atoms with van der Waals surface area (Å²) >= 11 is 4.27. The van der Waals surface area contributed by atoms with Crippen molar-refractivity contribution in [2.75, 3.05) is 0 Å². The molecule has 0 atom stereocenters. The molecule has 3 aromatic carbocycles. The number of rotatable bonds is 0. The van der Waals surface area contributed by atoms with Gasteiger partial charge in [-0.05, 0) is 35.0 Å². The lowest BCUT2D eigenvalue weighted by Crippen LogP contribution is -1.84. The van der Waals surface area contributed by atoms with Gasteiger partial charge in [0.05, 0.1) is 44.9 Å². The van der Waals surface area contributed by atoms with Gasteiger partial charge in [0.2, 0.25) is 0 Å². The molecule has 0 bridgehead atoms. The van der Waals surface area contributed by atoms with Gasteiger partial charge in [0.15, 0.2) is 0 Å². The van der Waals surface area contributed by atoms with E-state index in [1.165, 1.54) is 59.2 Å². The molecule has 0 fully saturated rings. The van der Waals surface area contributed by atoms with Crippen LogP contribution in [0.15, 0.2) is 66.0 Å². The second kappa shape index (κ2) is 4.50. The van der Waals surface area contributed by atoms with Crippen LogP contribution in [0.4, 0.5) is 0 Å². The van der Waals surface area contributed by atoms with Crippen molar-refractivity contribution in [2.24, 2.45) is 0 Å². The minimum absolute atomic E-state index is 1.28. The minimum Gasteiger partial charge on any atom is -0.299 e. The Morgan fingerprint density at radius 1 is 0.654 bits per heavy atom. The Kier molecular flexibility index (Phi) is 2.40. The molecule has 0 radical (unpaired) electrons. The maximum absolute atomic E-state index is 2.49. The third kappa shape index (κ3) is 1.39. The summed E-state index contributed by atoms with van der Waals surface area (Å²) < 4.78 is 4.80. The molecule has 4 heteroatoms. The Morgan fingerprint density at radius 2 is 1.46 bits per heavy atom. The number of fused-ring (bicyclic) bond motifs is 6. The highest BCUT2D eigenvalue weighted by Crippen LogP contribution is 2.45. The predicted octanol–water partition coefficient (Wildman–Crippen LogP) is 7.20. The lowest BCUT2D eigenvalue weighted by molar-refractivity contribution is 1.38. The van der Waals surface area contributed by atoms with E-state index in [1.54, 1.807) is 0 Å². The Morgan fingerprint density at radius 3 is 2.42 bits per heavy atom. The summed E-state index contributed by atoms with van der Waals surface area (Å²) in [6.45, 7) is 0. The number of thiophene rings is 1.